The highest BCUT2D eigenvalue weighted by atomic mass is 35.5. The lowest BCUT2D eigenvalue weighted by Gasteiger charge is -2.34. The first-order chi connectivity index (χ1) is 13.0. The molecule has 0 aliphatic carbocycles. The van der Waals surface area contributed by atoms with Gasteiger partial charge in [-0.2, -0.15) is 0 Å². The molecule has 146 valence electrons. The number of hydrogen-bond donors (Lipinski definition) is 1. The van der Waals surface area contributed by atoms with Crippen molar-refractivity contribution >= 4 is 23.2 Å². The molecule has 0 saturated carbocycles. The van der Waals surface area contributed by atoms with Crippen LogP contribution < -0.4 is 5.32 Å². The SMILES string of the molecule is CCc1nccn1CCN1CCN(CC(=O)Nc2ccc(F)c(Cl)c2)CC1. The molecule has 0 bridgehead atoms. The van der Waals surface area contributed by atoms with E-state index in [-0.39, 0.29) is 10.9 Å². The highest BCUT2D eigenvalue weighted by Gasteiger charge is 2.19. The molecule has 1 amide bonds. The molecule has 1 aliphatic heterocycles. The lowest BCUT2D eigenvalue weighted by atomic mass is 10.3. The van der Waals surface area contributed by atoms with Crippen LogP contribution in [0.25, 0.3) is 0 Å². The summed E-state index contributed by atoms with van der Waals surface area (Å²) in [6, 6.07) is 4.19. The van der Waals surface area contributed by atoms with Crippen molar-refractivity contribution in [3.63, 3.8) is 0 Å². The van der Waals surface area contributed by atoms with Gasteiger partial charge in [0.25, 0.3) is 0 Å². The summed E-state index contributed by atoms with van der Waals surface area (Å²) in [6.45, 7) is 7.93. The van der Waals surface area contributed by atoms with E-state index in [1.54, 1.807) is 0 Å². The van der Waals surface area contributed by atoms with E-state index in [0.29, 0.717) is 12.2 Å². The molecule has 27 heavy (non-hydrogen) atoms. The van der Waals surface area contributed by atoms with Crippen molar-refractivity contribution in [3.8, 4) is 0 Å². The summed E-state index contributed by atoms with van der Waals surface area (Å²) < 4.78 is 15.4. The molecule has 0 spiro atoms. The molecule has 0 atom stereocenters. The summed E-state index contributed by atoms with van der Waals surface area (Å²) in [7, 11) is 0. The Labute approximate surface area is 163 Å². The smallest absolute Gasteiger partial charge is 0.238 e. The second-order valence-electron chi connectivity index (χ2n) is 6.69. The Morgan fingerprint density at radius 3 is 2.67 bits per heavy atom. The van der Waals surface area contributed by atoms with Gasteiger partial charge in [-0.1, -0.05) is 18.5 Å². The summed E-state index contributed by atoms with van der Waals surface area (Å²) >= 11 is 5.74. The molecule has 1 saturated heterocycles. The third kappa shape index (κ3) is 5.51. The molecule has 1 aromatic carbocycles. The van der Waals surface area contributed by atoms with Crippen LogP contribution in [0.1, 0.15) is 12.7 Å². The van der Waals surface area contributed by atoms with Crippen LogP contribution in [0.5, 0.6) is 0 Å². The van der Waals surface area contributed by atoms with Crippen LogP contribution in [-0.2, 0) is 17.8 Å². The highest BCUT2D eigenvalue weighted by molar-refractivity contribution is 6.31. The number of anilines is 1. The minimum absolute atomic E-state index is 0.00513. The lowest BCUT2D eigenvalue weighted by molar-refractivity contribution is -0.117. The van der Waals surface area contributed by atoms with E-state index in [4.69, 9.17) is 11.6 Å². The molecule has 1 fully saturated rings. The first kappa shape index (κ1) is 19.8. The maximum Gasteiger partial charge on any atom is 0.238 e. The van der Waals surface area contributed by atoms with Crippen molar-refractivity contribution in [2.75, 3.05) is 44.6 Å². The Hall–Kier alpha value is -1.96. The van der Waals surface area contributed by atoms with Gasteiger partial charge in [-0.15, -0.1) is 0 Å². The molecule has 0 unspecified atom stereocenters. The van der Waals surface area contributed by atoms with E-state index in [1.807, 2.05) is 12.4 Å². The van der Waals surface area contributed by atoms with Gasteiger partial charge in [-0.3, -0.25) is 14.6 Å². The van der Waals surface area contributed by atoms with Crippen LogP contribution in [0, 0.1) is 5.82 Å². The number of imidazole rings is 1. The predicted octanol–water partition coefficient (Wildman–Crippen LogP) is 2.49. The van der Waals surface area contributed by atoms with Gasteiger partial charge in [0.2, 0.25) is 5.91 Å². The van der Waals surface area contributed by atoms with E-state index in [9.17, 15) is 9.18 Å². The molecule has 2 heterocycles. The molecule has 3 rings (SSSR count). The Morgan fingerprint density at radius 2 is 1.96 bits per heavy atom. The number of piperazine rings is 1. The van der Waals surface area contributed by atoms with Crippen LogP contribution in [-0.4, -0.2) is 64.5 Å². The number of aromatic nitrogens is 2. The van der Waals surface area contributed by atoms with Crippen molar-refractivity contribution in [2.24, 2.45) is 0 Å². The quantitative estimate of drug-likeness (QED) is 0.785. The van der Waals surface area contributed by atoms with Crippen molar-refractivity contribution in [3.05, 3.63) is 47.3 Å². The molecule has 8 heteroatoms. The Balaban J connectivity index is 1.39. The van der Waals surface area contributed by atoms with E-state index < -0.39 is 5.82 Å². The number of hydrogen-bond acceptors (Lipinski definition) is 4. The van der Waals surface area contributed by atoms with Crippen molar-refractivity contribution in [1.82, 2.24) is 19.4 Å². The fourth-order valence-electron chi connectivity index (χ4n) is 3.26. The zero-order chi connectivity index (χ0) is 19.2. The third-order valence-electron chi connectivity index (χ3n) is 4.81. The lowest BCUT2D eigenvalue weighted by Crippen LogP contribution is -2.49. The molecule has 0 radical (unpaired) electrons. The highest BCUT2D eigenvalue weighted by Crippen LogP contribution is 2.19. The molecular weight excluding hydrogens is 369 g/mol. The maximum atomic E-state index is 13.2. The minimum atomic E-state index is -0.493. The zero-order valence-corrected chi connectivity index (χ0v) is 16.3. The van der Waals surface area contributed by atoms with Gasteiger partial charge in [0.05, 0.1) is 11.6 Å². The van der Waals surface area contributed by atoms with Crippen LogP contribution >= 0.6 is 11.6 Å². The molecule has 1 aromatic heterocycles. The van der Waals surface area contributed by atoms with Gasteiger partial charge in [-0.05, 0) is 18.2 Å². The molecule has 1 N–H and O–H groups in total. The maximum absolute atomic E-state index is 13.2. The average molecular weight is 394 g/mol. The van der Waals surface area contributed by atoms with Gasteiger partial charge < -0.3 is 9.88 Å². The number of benzene rings is 1. The third-order valence-corrected chi connectivity index (χ3v) is 5.10. The summed E-state index contributed by atoms with van der Waals surface area (Å²) in [5.74, 6) is 0.510. The Bertz CT molecular complexity index is 773. The molecule has 2 aromatic rings. The van der Waals surface area contributed by atoms with Crippen molar-refractivity contribution in [1.29, 1.82) is 0 Å². The van der Waals surface area contributed by atoms with Crippen LogP contribution in [0.4, 0.5) is 10.1 Å². The Morgan fingerprint density at radius 1 is 1.22 bits per heavy atom. The molecular formula is C19H25ClFN5O. The van der Waals surface area contributed by atoms with Gasteiger partial charge in [0.15, 0.2) is 0 Å². The minimum Gasteiger partial charge on any atom is -0.334 e. The number of carbonyl (C=O) groups excluding carboxylic acids is 1. The number of aryl methyl sites for hydroxylation is 1. The predicted molar refractivity (Wildman–Crippen MR) is 105 cm³/mol. The normalized spacial score (nSPS) is 15.8. The van der Waals surface area contributed by atoms with Gasteiger partial charge >= 0.3 is 0 Å². The van der Waals surface area contributed by atoms with Gasteiger partial charge in [0.1, 0.15) is 11.6 Å². The fourth-order valence-corrected chi connectivity index (χ4v) is 3.44. The largest absolute Gasteiger partial charge is 0.334 e. The summed E-state index contributed by atoms with van der Waals surface area (Å²) in [4.78, 5) is 21.1. The van der Waals surface area contributed by atoms with Crippen molar-refractivity contribution < 1.29 is 9.18 Å². The number of nitrogens with zero attached hydrogens (tertiary/aromatic N) is 4. The summed E-state index contributed by atoms with van der Waals surface area (Å²) in [5.41, 5.74) is 0.511. The van der Waals surface area contributed by atoms with Crippen LogP contribution in [0.2, 0.25) is 5.02 Å². The summed E-state index contributed by atoms with van der Waals surface area (Å²) in [5, 5.41) is 2.77. The van der Waals surface area contributed by atoms with Crippen LogP contribution in [0.15, 0.2) is 30.6 Å². The number of carbonyl (C=O) groups is 1. The fraction of sp³-hybridized carbons (Fsp3) is 0.474. The number of nitrogens with one attached hydrogen (secondary N) is 1. The second kappa shape index (κ2) is 9.30. The van der Waals surface area contributed by atoms with E-state index in [1.165, 1.54) is 18.2 Å². The Kier molecular flexibility index (Phi) is 6.82. The standard InChI is InChI=1S/C19H25ClFN5O/c1-2-18-22-5-6-26(18)12-11-24-7-9-25(10-8-24)14-19(27)23-15-3-4-17(21)16(20)13-15/h3-6,13H,2,7-12,14H2,1H3,(H,23,27). The van der Waals surface area contributed by atoms with Crippen LogP contribution in [0.3, 0.4) is 0 Å². The number of rotatable bonds is 7. The van der Waals surface area contributed by atoms with Crippen molar-refractivity contribution in [2.45, 2.75) is 19.9 Å². The molecule has 1 aliphatic rings. The van der Waals surface area contributed by atoms with E-state index in [0.717, 1.165) is 51.5 Å². The monoisotopic (exact) mass is 393 g/mol. The van der Waals surface area contributed by atoms with E-state index in [2.05, 4.69) is 31.6 Å². The second-order valence-corrected chi connectivity index (χ2v) is 7.09. The molecule has 6 nitrogen and oxygen atoms in total. The number of amides is 1. The van der Waals surface area contributed by atoms with E-state index >= 15 is 0 Å². The number of halogens is 2. The first-order valence-corrected chi connectivity index (χ1v) is 9.62. The topological polar surface area (TPSA) is 53.4 Å². The average Bonchev–Trinajstić information content (AvgIpc) is 3.12. The van der Waals surface area contributed by atoms with Gasteiger partial charge in [-0.25, -0.2) is 9.37 Å². The zero-order valence-electron chi connectivity index (χ0n) is 15.5. The van der Waals surface area contributed by atoms with Gasteiger partial charge in [0, 0.05) is 63.8 Å². The summed E-state index contributed by atoms with van der Waals surface area (Å²) in [6.07, 6.45) is 4.82. The first-order valence-electron chi connectivity index (χ1n) is 9.24.